The fraction of sp³-hybridized carbons (Fsp3) is 0.458. The molecule has 2 atom stereocenters. The molecular formula is C24H28N6O4. The van der Waals surface area contributed by atoms with Crippen LogP contribution >= 0.6 is 0 Å². The SMILES string of the molecule is CCO[C@H]1CN(c2cc(=O)n(C)c3ccc(C#N)nc23)CC[C@H]1Oc1cnc(OC(C)C)cn1. The summed E-state index contributed by atoms with van der Waals surface area (Å²) in [6, 6.07) is 7.02. The Hall–Kier alpha value is -3.71. The van der Waals surface area contributed by atoms with E-state index in [1.165, 1.54) is 4.57 Å². The Kier molecular flexibility index (Phi) is 6.93. The summed E-state index contributed by atoms with van der Waals surface area (Å²) in [5.41, 5.74) is 2.14. The van der Waals surface area contributed by atoms with E-state index < -0.39 is 0 Å². The summed E-state index contributed by atoms with van der Waals surface area (Å²) in [7, 11) is 1.70. The molecule has 0 aliphatic carbocycles. The van der Waals surface area contributed by atoms with Crippen molar-refractivity contribution in [1.82, 2.24) is 19.5 Å². The Balaban J connectivity index is 1.58. The number of aromatic nitrogens is 4. The van der Waals surface area contributed by atoms with Crippen LogP contribution < -0.4 is 19.9 Å². The van der Waals surface area contributed by atoms with E-state index in [9.17, 15) is 10.1 Å². The van der Waals surface area contributed by atoms with Crippen molar-refractivity contribution >= 4 is 16.7 Å². The molecule has 0 unspecified atom stereocenters. The van der Waals surface area contributed by atoms with E-state index in [0.717, 1.165) is 0 Å². The average molecular weight is 465 g/mol. The van der Waals surface area contributed by atoms with Crippen LogP contribution in [0.3, 0.4) is 0 Å². The summed E-state index contributed by atoms with van der Waals surface area (Å²) in [5.74, 6) is 0.846. The van der Waals surface area contributed by atoms with E-state index in [2.05, 4.69) is 25.9 Å². The lowest BCUT2D eigenvalue weighted by Crippen LogP contribution is -2.51. The lowest BCUT2D eigenvalue weighted by atomic mass is 10.0. The molecule has 3 aromatic rings. The second-order valence-electron chi connectivity index (χ2n) is 8.35. The molecule has 1 saturated heterocycles. The summed E-state index contributed by atoms with van der Waals surface area (Å²) in [4.78, 5) is 27.8. The zero-order valence-electron chi connectivity index (χ0n) is 19.8. The van der Waals surface area contributed by atoms with Crippen molar-refractivity contribution in [2.75, 3.05) is 24.6 Å². The minimum atomic E-state index is -0.259. The van der Waals surface area contributed by atoms with Crippen molar-refractivity contribution in [3.63, 3.8) is 0 Å². The molecule has 0 spiro atoms. The van der Waals surface area contributed by atoms with Gasteiger partial charge < -0.3 is 23.7 Å². The smallest absolute Gasteiger partial charge is 0.252 e. The number of nitrogens with zero attached hydrogens (tertiary/aromatic N) is 6. The van der Waals surface area contributed by atoms with E-state index in [1.54, 1.807) is 37.6 Å². The summed E-state index contributed by atoms with van der Waals surface area (Å²) in [5, 5.41) is 9.32. The Morgan fingerprint density at radius 1 is 1.21 bits per heavy atom. The van der Waals surface area contributed by atoms with Gasteiger partial charge in [-0.3, -0.25) is 4.79 Å². The molecule has 0 N–H and O–H groups in total. The molecule has 1 fully saturated rings. The molecule has 34 heavy (non-hydrogen) atoms. The van der Waals surface area contributed by atoms with Crippen molar-refractivity contribution in [2.45, 2.75) is 45.5 Å². The first-order valence-corrected chi connectivity index (χ1v) is 11.3. The van der Waals surface area contributed by atoms with Gasteiger partial charge in [0.25, 0.3) is 5.56 Å². The molecule has 178 valence electrons. The van der Waals surface area contributed by atoms with Crippen molar-refractivity contribution in [3.8, 4) is 17.8 Å². The first-order chi connectivity index (χ1) is 16.4. The topological polar surface area (TPSA) is 115 Å². The van der Waals surface area contributed by atoms with Crippen LogP contribution in [0.2, 0.25) is 0 Å². The maximum Gasteiger partial charge on any atom is 0.252 e. The fourth-order valence-electron chi connectivity index (χ4n) is 4.06. The highest BCUT2D eigenvalue weighted by Crippen LogP contribution is 2.29. The van der Waals surface area contributed by atoms with Gasteiger partial charge in [-0.15, -0.1) is 0 Å². The van der Waals surface area contributed by atoms with E-state index in [4.69, 9.17) is 14.2 Å². The van der Waals surface area contributed by atoms with Crippen molar-refractivity contribution in [3.05, 3.63) is 46.6 Å². The number of aryl methyl sites for hydroxylation is 1. The van der Waals surface area contributed by atoms with Gasteiger partial charge in [-0.05, 0) is 32.9 Å². The lowest BCUT2D eigenvalue weighted by Gasteiger charge is -2.39. The standard InChI is InChI=1S/C24H28N6O4/c1-5-32-20-14-30(9-8-19(20)34-22-13-26-21(12-27-22)33-15(2)3)18-10-23(31)29(4)17-7-6-16(11-25)28-24(17)18/h6-7,10,12-13,15,19-20H,5,8-9,14H2,1-4H3/t19-,20+/m1/s1. The van der Waals surface area contributed by atoms with Crippen LogP contribution in [0.15, 0.2) is 35.4 Å². The quantitative estimate of drug-likeness (QED) is 0.520. The summed E-state index contributed by atoms with van der Waals surface area (Å²) in [6.07, 6.45) is 3.26. The van der Waals surface area contributed by atoms with Crippen LogP contribution in [-0.2, 0) is 11.8 Å². The molecule has 0 saturated carbocycles. The molecule has 0 aromatic carbocycles. The van der Waals surface area contributed by atoms with Crippen LogP contribution in [0.4, 0.5) is 5.69 Å². The largest absolute Gasteiger partial charge is 0.474 e. The van der Waals surface area contributed by atoms with Crippen LogP contribution in [-0.4, -0.2) is 57.5 Å². The molecule has 1 aliphatic rings. The van der Waals surface area contributed by atoms with Gasteiger partial charge in [0.2, 0.25) is 11.8 Å². The zero-order chi connectivity index (χ0) is 24.2. The number of hydrogen-bond acceptors (Lipinski definition) is 9. The number of piperidine rings is 1. The molecule has 10 nitrogen and oxygen atoms in total. The lowest BCUT2D eigenvalue weighted by molar-refractivity contribution is -0.0297. The number of rotatable bonds is 7. The Labute approximate surface area is 197 Å². The van der Waals surface area contributed by atoms with E-state index in [1.807, 2.05) is 20.8 Å². The molecule has 10 heteroatoms. The maximum absolute atomic E-state index is 12.6. The Morgan fingerprint density at radius 2 is 1.97 bits per heavy atom. The Bertz CT molecular complexity index is 1250. The monoisotopic (exact) mass is 464 g/mol. The van der Waals surface area contributed by atoms with E-state index in [0.29, 0.717) is 60.3 Å². The predicted molar refractivity (Wildman–Crippen MR) is 126 cm³/mol. The zero-order valence-corrected chi connectivity index (χ0v) is 19.8. The first kappa shape index (κ1) is 23.4. The Morgan fingerprint density at radius 3 is 2.65 bits per heavy atom. The van der Waals surface area contributed by atoms with Crippen LogP contribution in [0, 0.1) is 11.3 Å². The van der Waals surface area contributed by atoms with Crippen LogP contribution in [0.25, 0.3) is 11.0 Å². The third-order valence-electron chi connectivity index (χ3n) is 5.64. The van der Waals surface area contributed by atoms with Crippen LogP contribution in [0.5, 0.6) is 11.8 Å². The highest BCUT2D eigenvalue weighted by Gasteiger charge is 2.33. The average Bonchev–Trinajstić information content (AvgIpc) is 2.83. The van der Waals surface area contributed by atoms with Gasteiger partial charge in [0.1, 0.15) is 29.5 Å². The number of hydrogen-bond donors (Lipinski definition) is 0. The van der Waals surface area contributed by atoms with E-state index in [-0.39, 0.29) is 23.9 Å². The molecular weight excluding hydrogens is 436 g/mol. The molecule has 0 amide bonds. The fourth-order valence-corrected chi connectivity index (χ4v) is 4.06. The third kappa shape index (κ3) is 4.94. The molecule has 4 rings (SSSR count). The summed E-state index contributed by atoms with van der Waals surface area (Å²) >= 11 is 0. The van der Waals surface area contributed by atoms with Gasteiger partial charge in [-0.1, -0.05) is 0 Å². The first-order valence-electron chi connectivity index (χ1n) is 11.3. The van der Waals surface area contributed by atoms with Gasteiger partial charge >= 0.3 is 0 Å². The number of ether oxygens (including phenoxy) is 3. The van der Waals surface area contributed by atoms with Crippen molar-refractivity contribution in [2.24, 2.45) is 7.05 Å². The second kappa shape index (κ2) is 10.1. The highest BCUT2D eigenvalue weighted by atomic mass is 16.5. The summed E-state index contributed by atoms with van der Waals surface area (Å²) < 4.78 is 19.2. The van der Waals surface area contributed by atoms with E-state index >= 15 is 0 Å². The predicted octanol–water partition coefficient (Wildman–Crippen LogP) is 2.45. The normalized spacial score (nSPS) is 18.2. The van der Waals surface area contributed by atoms with Gasteiger partial charge in [-0.25, -0.2) is 15.0 Å². The van der Waals surface area contributed by atoms with Crippen molar-refractivity contribution in [1.29, 1.82) is 5.26 Å². The number of fused-ring (bicyclic) bond motifs is 1. The minimum Gasteiger partial charge on any atom is -0.474 e. The van der Waals surface area contributed by atoms with Crippen LogP contribution in [0.1, 0.15) is 32.9 Å². The number of nitriles is 1. The molecule has 1 aliphatic heterocycles. The maximum atomic E-state index is 12.6. The molecule has 0 radical (unpaired) electrons. The highest BCUT2D eigenvalue weighted by molar-refractivity contribution is 5.88. The third-order valence-corrected chi connectivity index (χ3v) is 5.64. The van der Waals surface area contributed by atoms with Crippen molar-refractivity contribution < 1.29 is 14.2 Å². The molecule has 4 heterocycles. The van der Waals surface area contributed by atoms with Gasteiger partial charge in [0, 0.05) is 39.2 Å². The number of anilines is 1. The molecule has 3 aromatic heterocycles. The molecule has 0 bridgehead atoms. The summed E-state index contributed by atoms with van der Waals surface area (Å²) in [6.45, 7) is 7.42. The van der Waals surface area contributed by atoms with Gasteiger partial charge in [0.05, 0.1) is 29.7 Å². The van der Waals surface area contributed by atoms with Gasteiger partial charge in [0.15, 0.2) is 0 Å². The second-order valence-corrected chi connectivity index (χ2v) is 8.35. The number of pyridine rings is 2. The van der Waals surface area contributed by atoms with Gasteiger partial charge in [-0.2, -0.15) is 5.26 Å². The minimum absolute atomic E-state index is 0.0114.